The van der Waals surface area contributed by atoms with Crippen LogP contribution in [0.1, 0.15) is 23.8 Å². The van der Waals surface area contributed by atoms with E-state index in [1.807, 2.05) is 0 Å². The molecule has 1 saturated heterocycles. The molecule has 0 aliphatic carbocycles. The van der Waals surface area contributed by atoms with Gasteiger partial charge in [-0.05, 0) is 12.3 Å². The zero-order chi connectivity index (χ0) is 10.8. The standard InChI is InChI=1S/C10H13ClN2O2/c1-7-2-4-13(9(7)6-11)10(14)8-3-5-15-12-8/h3,5,7,9H,2,4,6H2,1H3. The summed E-state index contributed by atoms with van der Waals surface area (Å²) in [7, 11) is 0. The average Bonchev–Trinajstić information content (AvgIpc) is 2.85. The molecule has 4 nitrogen and oxygen atoms in total. The van der Waals surface area contributed by atoms with Crippen LogP contribution < -0.4 is 0 Å². The van der Waals surface area contributed by atoms with Gasteiger partial charge in [0.2, 0.25) is 0 Å². The van der Waals surface area contributed by atoms with Crippen molar-refractivity contribution in [2.45, 2.75) is 19.4 Å². The first-order valence-corrected chi connectivity index (χ1v) is 5.55. The first-order chi connectivity index (χ1) is 7.24. The summed E-state index contributed by atoms with van der Waals surface area (Å²) in [6.45, 7) is 2.87. The van der Waals surface area contributed by atoms with Crippen molar-refractivity contribution in [3.05, 3.63) is 18.0 Å². The summed E-state index contributed by atoms with van der Waals surface area (Å²) < 4.78 is 4.66. The van der Waals surface area contributed by atoms with Crippen LogP contribution in [0.2, 0.25) is 0 Å². The van der Waals surface area contributed by atoms with E-state index in [0.29, 0.717) is 17.5 Å². The lowest BCUT2D eigenvalue weighted by Gasteiger charge is -2.23. The van der Waals surface area contributed by atoms with Gasteiger partial charge in [0.15, 0.2) is 5.69 Å². The van der Waals surface area contributed by atoms with Crippen LogP contribution >= 0.6 is 11.6 Å². The van der Waals surface area contributed by atoms with E-state index in [-0.39, 0.29) is 11.9 Å². The Hall–Kier alpha value is -1.03. The minimum atomic E-state index is -0.0845. The molecule has 15 heavy (non-hydrogen) atoms. The van der Waals surface area contributed by atoms with Crippen molar-refractivity contribution in [2.75, 3.05) is 12.4 Å². The molecule has 0 radical (unpaired) electrons. The SMILES string of the molecule is CC1CCN(C(=O)c2ccon2)C1CCl. The third-order valence-corrected chi connectivity index (χ3v) is 3.27. The maximum Gasteiger partial charge on any atom is 0.276 e. The molecule has 0 aromatic carbocycles. The van der Waals surface area contributed by atoms with E-state index in [1.165, 1.54) is 6.26 Å². The van der Waals surface area contributed by atoms with E-state index < -0.39 is 0 Å². The highest BCUT2D eigenvalue weighted by Gasteiger charge is 2.34. The molecule has 1 aliphatic heterocycles. The summed E-state index contributed by atoms with van der Waals surface area (Å²) in [4.78, 5) is 13.8. The molecule has 1 fully saturated rings. The Labute approximate surface area is 93.2 Å². The third kappa shape index (κ3) is 1.86. The molecule has 0 N–H and O–H groups in total. The summed E-state index contributed by atoms with van der Waals surface area (Å²) in [6, 6.07) is 1.70. The van der Waals surface area contributed by atoms with Gasteiger partial charge < -0.3 is 9.42 Å². The maximum absolute atomic E-state index is 12.0. The molecular formula is C10H13ClN2O2. The molecule has 0 bridgehead atoms. The minimum absolute atomic E-state index is 0.0845. The van der Waals surface area contributed by atoms with Crippen LogP contribution in [0.15, 0.2) is 16.9 Å². The number of alkyl halides is 1. The van der Waals surface area contributed by atoms with Gasteiger partial charge in [-0.15, -0.1) is 11.6 Å². The number of aromatic nitrogens is 1. The van der Waals surface area contributed by atoms with Crippen LogP contribution in [-0.2, 0) is 0 Å². The Bertz CT molecular complexity index is 339. The van der Waals surface area contributed by atoms with Gasteiger partial charge in [0.1, 0.15) is 6.26 Å². The Morgan fingerprint density at radius 1 is 1.80 bits per heavy atom. The van der Waals surface area contributed by atoms with Crippen LogP contribution in [0.4, 0.5) is 0 Å². The predicted molar refractivity (Wildman–Crippen MR) is 55.8 cm³/mol. The number of nitrogens with zero attached hydrogens (tertiary/aromatic N) is 2. The van der Waals surface area contributed by atoms with Crippen molar-refractivity contribution < 1.29 is 9.32 Å². The van der Waals surface area contributed by atoms with Crippen LogP contribution in [-0.4, -0.2) is 34.4 Å². The van der Waals surface area contributed by atoms with E-state index in [9.17, 15) is 4.79 Å². The molecule has 2 rings (SSSR count). The van der Waals surface area contributed by atoms with Crippen LogP contribution in [0.5, 0.6) is 0 Å². The fraction of sp³-hybridized carbons (Fsp3) is 0.600. The number of hydrogen-bond donors (Lipinski definition) is 0. The normalized spacial score (nSPS) is 25.9. The second-order valence-corrected chi connectivity index (χ2v) is 4.18. The fourth-order valence-electron chi connectivity index (χ4n) is 1.97. The summed E-state index contributed by atoms with van der Waals surface area (Å²) in [5.41, 5.74) is 0.360. The van der Waals surface area contributed by atoms with Gasteiger partial charge >= 0.3 is 0 Å². The number of halogens is 1. The Morgan fingerprint density at radius 2 is 2.60 bits per heavy atom. The number of amides is 1. The first kappa shape index (κ1) is 10.5. The third-order valence-electron chi connectivity index (χ3n) is 2.96. The smallest absolute Gasteiger partial charge is 0.276 e. The molecule has 0 spiro atoms. The fourth-order valence-corrected chi connectivity index (χ4v) is 2.44. The van der Waals surface area contributed by atoms with E-state index in [2.05, 4.69) is 16.6 Å². The minimum Gasteiger partial charge on any atom is -0.364 e. The second-order valence-electron chi connectivity index (χ2n) is 3.87. The van der Waals surface area contributed by atoms with Crippen LogP contribution in [0.25, 0.3) is 0 Å². The molecule has 82 valence electrons. The molecule has 1 aromatic rings. The van der Waals surface area contributed by atoms with E-state index in [4.69, 9.17) is 11.6 Å². The lowest BCUT2D eigenvalue weighted by Crippen LogP contribution is -2.38. The molecule has 2 heterocycles. The van der Waals surface area contributed by atoms with Crippen molar-refractivity contribution in [1.29, 1.82) is 0 Å². The lowest BCUT2D eigenvalue weighted by molar-refractivity contribution is 0.0726. The Morgan fingerprint density at radius 3 is 3.20 bits per heavy atom. The van der Waals surface area contributed by atoms with Crippen LogP contribution in [0.3, 0.4) is 0 Å². The summed E-state index contributed by atoms with van der Waals surface area (Å²) in [6.07, 6.45) is 2.41. The molecule has 1 aromatic heterocycles. The number of hydrogen-bond acceptors (Lipinski definition) is 3. The maximum atomic E-state index is 12.0. The largest absolute Gasteiger partial charge is 0.364 e. The van der Waals surface area contributed by atoms with Gasteiger partial charge in [0.05, 0.1) is 0 Å². The molecule has 1 amide bonds. The Balaban J connectivity index is 2.14. The zero-order valence-corrected chi connectivity index (χ0v) is 9.28. The van der Waals surface area contributed by atoms with Gasteiger partial charge in [-0.3, -0.25) is 4.79 Å². The molecule has 5 heteroatoms. The van der Waals surface area contributed by atoms with Crippen LogP contribution in [0, 0.1) is 5.92 Å². The van der Waals surface area contributed by atoms with Gasteiger partial charge in [0.25, 0.3) is 5.91 Å². The van der Waals surface area contributed by atoms with Gasteiger partial charge in [-0.2, -0.15) is 0 Å². The van der Waals surface area contributed by atoms with Crippen molar-refractivity contribution in [1.82, 2.24) is 10.1 Å². The van der Waals surface area contributed by atoms with Gasteiger partial charge in [0, 0.05) is 24.5 Å². The molecule has 0 saturated carbocycles. The molecule has 2 atom stereocenters. The predicted octanol–water partition coefficient (Wildman–Crippen LogP) is 1.76. The lowest BCUT2D eigenvalue weighted by atomic mass is 10.1. The van der Waals surface area contributed by atoms with E-state index in [1.54, 1.807) is 11.0 Å². The van der Waals surface area contributed by atoms with Crippen molar-refractivity contribution in [2.24, 2.45) is 5.92 Å². The number of likely N-dealkylation sites (tertiary alicyclic amines) is 1. The highest BCUT2D eigenvalue weighted by molar-refractivity contribution is 6.18. The summed E-state index contributed by atoms with van der Waals surface area (Å²) in [5, 5.41) is 3.65. The zero-order valence-electron chi connectivity index (χ0n) is 8.52. The van der Waals surface area contributed by atoms with Crippen molar-refractivity contribution >= 4 is 17.5 Å². The second kappa shape index (κ2) is 4.23. The molecule has 1 aliphatic rings. The quantitative estimate of drug-likeness (QED) is 0.725. The van der Waals surface area contributed by atoms with E-state index >= 15 is 0 Å². The van der Waals surface area contributed by atoms with Gasteiger partial charge in [-0.25, -0.2) is 0 Å². The van der Waals surface area contributed by atoms with E-state index in [0.717, 1.165) is 13.0 Å². The monoisotopic (exact) mass is 228 g/mol. The van der Waals surface area contributed by atoms with Crippen molar-refractivity contribution in [3.63, 3.8) is 0 Å². The average molecular weight is 229 g/mol. The van der Waals surface area contributed by atoms with Gasteiger partial charge in [-0.1, -0.05) is 12.1 Å². The summed E-state index contributed by atoms with van der Waals surface area (Å²) >= 11 is 5.87. The molecule has 2 unspecified atom stereocenters. The topological polar surface area (TPSA) is 46.3 Å². The summed E-state index contributed by atoms with van der Waals surface area (Å²) in [5.74, 6) is 0.849. The first-order valence-electron chi connectivity index (χ1n) is 5.01. The highest BCUT2D eigenvalue weighted by Crippen LogP contribution is 2.26. The number of rotatable bonds is 2. The Kier molecular flexibility index (Phi) is 2.95. The number of carbonyl (C=O) groups is 1. The van der Waals surface area contributed by atoms with Crippen molar-refractivity contribution in [3.8, 4) is 0 Å². The highest BCUT2D eigenvalue weighted by atomic mass is 35.5. The number of carbonyl (C=O) groups excluding carboxylic acids is 1. The molecular weight excluding hydrogens is 216 g/mol.